The van der Waals surface area contributed by atoms with Crippen LogP contribution in [0.4, 0.5) is 17.3 Å². The lowest BCUT2D eigenvalue weighted by atomic mass is 10.1. The van der Waals surface area contributed by atoms with Gasteiger partial charge in [0.2, 0.25) is 0 Å². The lowest BCUT2D eigenvalue weighted by molar-refractivity contribution is 0.415. The lowest BCUT2D eigenvalue weighted by Gasteiger charge is -2.37. The molecular weight excluding hydrogens is 326 g/mol. The maximum Gasteiger partial charge on any atom is 0.134 e. The third kappa shape index (κ3) is 3.69. The van der Waals surface area contributed by atoms with Crippen LogP contribution in [0, 0.1) is 0 Å². The first-order valence-electron chi connectivity index (χ1n) is 9.54. The van der Waals surface area contributed by atoms with Crippen LogP contribution in [-0.4, -0.2) is 56.3 Å². The van der Waals surface area contributed by atoms with E-state index in [1.54, 1.807) is 13.4 Å². The normalized spacial score (nSPS) is 18.1. The predicted octanol–water partition coefficient (Wildman–Crippen LogP) is 2.80. The van der Waals surface area contributed by atoms with E-state index in [0.717, 1.165) is 56.7 Å². The van der Waals surface area contributed by atoms with Gasteiger partial charge in [-0.3, -0.25) is 0 Å². The van der Waals surface area contributed by atoms with Crippen LogP contribution in [0.25, 0.3) is 0 Å². The summed E-state index contributed by atoms with van der Waals surface area (Å²) in [5.74, 6) is 3.03. The van der Waals surface area contributed by atoms with Crippen LogP contribution in [0.3, 0.4) is 0 Å². The number of aromatic nitrogens is 2. The zero-order valence-corrected chi connectivity index (χ0v) is 15.5. The monoisotopic (exact) mass is 353 g/mol. The van der Waals surface area contributed by atoms with Crippen molar-refractivity contribution in [3.8, 4) is 5.75 Å². The van der Waals surface area contributed by atoms with Crippen molar-refractivity contribution in [2.45, 2.75) is 19.3 Å². The minimum absolute atomic E-state index is 0.901. The molecule has 0 unspecified atom stereocenters. The summed E-state index contributed by atoms with van der Waals surface area (Å²) in [6, 6.07) is 10.5. The highest BCUT2D eigenvalue weighted by Crippen LogP contribution is 2.24. The van der Waals surface area contributed by atoms with Gasteiger partial charge >= 0.3 is 0 Å². The molecule has 2 aromatic rings. The van der Waals surface area contributed by atoms with E-state index in [0.29, 0.717) is 0 Å². The Morgan fingerprint density at radius 3 is 1.92 bits per heavy atom. The van der Waals surface area contributed by atoms with Gasteiger partial charge in [-0.25, -0.2) is 9.97 Å². The molecule has 0 spiro atoms. The molecular formula is C20H27N5O. The average molecular weight is 353 g/mol. The van der Waals surface area contributed by atoms with Gasteiger partial charge in [-0.1, -0.05) is 0 Å². The highest BCUT2D eigenvalue weighted by atomic mass is 16.5. The molecule has 138 valence electrons. The summed E-state index contributed by atoms with van der Waals surface area (Å²) in [5, 5.41) is 0. The van der Waals surface area contributed by atoms with Gasteiger partial charge in [-0.05, 0) is 43.5 Å². The van der Waals surface area contributed by atoms with E-state index < -0.39 is 0 Å². The van der Waals surface area contributed by atoms with Crippen molar-refractivity contribution in [1.82, 2.24) is 9.97 Å². The maximum atomic E-state index is 5.25. The van der Waals surface area contributed by atoms with Gasteiger partial charge in [0.25, 0.3) is 0 Å². The summed E-state index contributed by atoms with van der Waals surface area (Å²) in [6.07, 6.45) is 5.58. The number of rotatable bonds is 4. The topological polar surface area (TPSA) is 44.7 Å². The van der Waals surface area contributed by atoms with Gasteiger partial charge in [-0.2, -0.15) is 0 Å². The molecule has 26 heavy (non-hydrogen) atoms. The Morgan fingerprint density at radius 2 is 1.31 bits per heavy atom. The fourth-order valence-electron chi connectivity index (χ4n) is 3.79. The van der Waals surface area contributed by atoms with Crippen LogP contribution in [0.5, 0.6) is 5.75 Å². The predicted molar refractivity (Wildman–Crippen MR) is 106 cm³/mol. The molecule has 2 fully saturated rings. The van der Waals surface area contributed by atoms with Gasteiger partial charge < -0.3 is 19.4 Å². The van der Waals surface area contributed by atoms with E-state index in [1.165, 1.54) is 24.9 Å². The quantitative estimate of drug-likeness (QED) is 0.842. The fourth-order valence-corrected chi connectivity index (χ4v) is 3.79. The number of ether oxygens (including phenoxy) is 1. The molecule has 6 heteroatoms. The molecule has 2 aliphatic heterocycles. The number of piperazine rings is 1. The molecule has 0 radical (unpaired) electrons. The van der Waals surface area contributed by atoms with E-state index in [9.17, 15) is 0 Å². The standard InChI is InChI=1S/C20H27N5O/c1-26-18-7-5-17(6-8-18)23-11-13-25(14-12-23)20-15-19(21-16-22-20)24-9-3-2-4-10-24/h5-8,15-16H,2-4,9-14H2,1H3. The van der Waals surface area contributed by atoms with E-state index in [1.807, 2.05) is 12.1 Å². The molecule has 4 rings (SSSR count). The first-order chi connectivity index (χ1) is 12.8. The van der Waals surface area contributed by atoms with Crippen LogP contribution < -0.4 is 19.4 Å². The van der Waals surface area contributed by atoms with Crippen molar-refractivity contribution in [1.29, 1.82) is 0 Å². The molecule has 3 heterocycles. The molecule has 2 saturated heterocycles. The molecule has 0 amide bonds. The Balaban J connectivity index is 1.39. The molecule has 1 aromatic heterocycles. The Labute approximate surface area is 155 Å². The molecule has 1 aromatic carbocycles. The lowest BCUT2D eigenvalue weighted by Crippen LogP contribution is -2.47. The second kappa shape index (κ2) is 7.81. The van der Waals surface area contributed by atoms with Crippen LogP contribution in [0.1, 0.15) is 19.3 Å². The SMILES string of the molecule is COc1ccc(N2CCN(c3cc(N4CCCCC4)ncn3)CC2)cc1. The number of hydrogen-bond acceptors (Lipinski definition) is 6. The van der Waals surface area contributed by atoms with E-state index >= 15 is 0 Å². The number of anilines is 3. The van der Waals surface area contributed by atoms with Gasteiger partial charge in [0.15, 0.2) is 0 Å². The van der Waals surface area contributed by atoms with Crippen LogP contribution in [-0.2, 0) is 0 Å². The Morgan fingerprint density at radius 1 is 0.731 bits per heavy atom. The van der Waals surface area contributed by atoms with Crippen molar-refractivity contribution >= 4 is 17.3 Å². The zero-order valence-electron chi connectivity index (χ0n) is 15.5. The number of nitrogens with zero attached hydrogens (tertiary/aromatic N) is 5. The summed E-state index contributed by atoms with van der Waals surface area (Å²) in [7, 11) is 1.70. The molecule has 0 N–H and O–H groups in total. The van der Waals surface area contributed by atoms with Gasteiger partial charge in [0.1, 0.15) is 23.7 Å². The molecule has 0 aliphatic carbocycles. The van der Waals surface area contributed by atoms with E-state index in [4.69, 9.17) is 4.74 Å². The number of methoxy groups -OCH3 is 1. The van der Waals surface area contributed by atoms with Crippen molar-refractivity contribution in [3.63, 3.8) is 0 Å². The summed E-state index contributed by atoms with van der Waals surface area (Å²) in [4.78, 5) is 16.2. The van der Waals surface area contributed by atoms with Crippen molar-refractivity contribution in [2.24, 2.45) is 0 Å². The second-order valence-electron chi connectivity index (χ2n) is 6.95. The third-order valence-corrected chi connectivity index (χ3v) is 5.36. The Hall–Kier alpha value is -2.50. The number of benzene rings is 1. The van der Waals surface area contributed by atoms with Gasteiger partial charge in [-0.15, -0.1) is 0 Å². The average Bonchev–Trinajstić information content (AvgIpc) is 2.75. The highest BCUT2D eigenvalue weighted by Gasteiger charge is 2.20. The first kappa shape index (κ1) is 16.9. The number of hydrogen-bond donors (Lipinski definition) is 0. The molecule has 0 saturated carbocycles. The van der Waals surface area contributed by atoms with Crippen molar-refractivity contribution in [2.75, 3.05) is 61.1 Å². The summed E-state index contributed by atoms with van der Waals surface area (Å²) < 4.78 is 5.25. The van der Waals surface area contributed by atoms with Gasteiger partial charge in [0, 0.05) is 51.0 Å². The molecule has 2 aliphatic rings. The smallest absolute Gasteiger partial charge is 0.134 e. The molecule has 6 nitrogen and oxygen atoms in total. The largest absolute Gasteiger partial charge is 0.497 e. The minimum atomic E-state index is 0.901. The second-order valence-corrected chi connectivity index (χ2v) is 6.95. The first-order valence-corrected chi connectivity index (χ1v) is 9.54. The van der Waals surface area contributed by atoms with Crippen LogP contribution in [0.15, 0.2) is 36.7 Å². The third-order valence-electron chi connectivity index (χ3n) is 5.36. The summed E-state index contributed by atoms with van der Waals surface area (Å²) in [6.45, 7) is 6.17. The Kier molecular flexibility index (Phi) is 5.09. The van der Waals surface area contributed by atoms with E-state index in [2.05, 4.69) is 42.9 Å². The highest BCUT2D eigenvalue weighted by molar-refractivity contribution is 5.54. The van der Waals surface area contributed by atoms with Crippen LogP contribution in [0.2, 0.25) is 0 Å². The molecule has 0 atom stereocenters. The minimum Gasteiger partial charge on any atom is -0.497 e. The van der Waals surface area contributed by atoms with Crippen molar-refractivity contribution < 1.29 is 4.74 Å². The zero-order chi connectivity index (χ0) is 17.8. The Bertz CT molecular complexity index is 706. The van der Waals surface area contributed by atoms with Crippen molar-refractivity contribution in [3.05, 3.63) is 36.7 Å². The van der Waals surface area contributed by atoms with Crippen LogP contribution >= 0.6 is 0 Å². The summed E-state index contributed by atoms with van der Waals surface area (Å²) in [5.41, 5.74) is 1.25. The maximum absolute atomic E-state index is 5.25. The van der Waals surface area contributed by atoms with E-state index in [-0.39, 0.29) is 0 Å². The number of piperidine rings is 1. The van der Waals surface area contributed by atoms with Gasteiger partial charge in [0.05, 0.1) is 7.11 Å². The fraction of sp³-hybridized carbons (Fsp3) is 0.500. The molecule has 0 bridgehead atoms. The summed E-state index contributed by atoms with van der Waals surface area (Å²) >= 11 is 0.